The summed E-state index contributed by atoms with van der Waals surface area (Å²) in [7, 11) is 2.02. The Morgan fingerprint density at radius 3 is 2.44 bits per heavy atom. The van der Waals surface area contributed by atoms with Crippen molar-refractivity contribution in [3.8, 4) is 0 Å². The van der Waals surface area contributed by atoms with E-state index in [2.05, 4.69) is 43.9 Å². The molecule has 0 aliphatic carbocycles. The highest BCUT2D eigenvalue weighted by atomic mass is 16.3. The topological polar surface area (TPSA) is 49.5 Å². The van der Waals surface area contributed by atoms with Gasteiger partial charge in [-0.05, 0) is 30.0 Å². The summed E-state index contributed by atoms with van der Waals surface area (Å²) in [6.45, 7) is 7.75. The molecule has 3 nitrogen and oxygen atoms in total. The van der Waals surface area contributed by atoms with Crippen LogP contribution in [0.3, 0.4) is 0 Å². The van der Waals surface area contributed by atoms with E-state index in [9.17, 15) is 5.11 Å². The van der Waals surface area contributed by atoms with Crippen LogP contribution in [0.25, 0.3) is 0 Å². The molecule has 1 rings (SSSR count). The number of hydrogen-bond acceptors (Lipinski definition) is 3. The Bertz CT molecular complexity index is 371. The van der Waals surface area contributed by atoms with Gasteiger partial charge in [-0.1, -0.05) is 39.0 Å². The minimum absolute atomic E-state index is 0.101. The molecule has 0 saturated heterocycles. The Hall–Kier alpha value is -1.06. The molecule has 0 spiro atoms. The van der Waals surface area contributed by atoms with E-state index < -0.39 is 0 Å². The molecule has 18 heavy (non-hydrogen) atoms. The summed E-state index contributed by atoms with van der Waals surface area (Å²) in [6.07, 6.45) is 0.273. The SMILES string of the molecule is CN(CC(O)CCN)c1ccccc1C(C)(C)C. The fraction of sp³-hybridized carbons (Fsp3) is 0.600. The second-order valence-electron chi connectivity index (χ2n) is 5.88. The van der Waals surface area contributed by atoms with Gasteiger partial charge in [0.25, 0.3) is 0 Å². The fourth-order valence-corrected chi connectivity index (χ4v) is 2.14. The van der Waals surface area contributed by atoms with Crippen LogP contribution in [0.5, 0.6) is 0 Å². The summed E-state index contributed by atoms with van der Waals surface area (Å²) in [5, 5.41) is 9.85. The third-order valence-corrected chi connectivity index (χ3v) is 3.11. The lowest BCUT2D eigenvalue weighted by Crippen LogP contribution is -2.32. The van der Waals surface area contributed by atoms with Crippen molar-refractivity contribution in [2.45, 2.75) is 38.7 Å². The summed E-state index contributed by atoms with van der Waals surface area (Å²) in [4.78, 5) is 2.11. The maximum atomic E-state index is 9.85. The van der Waals surface area contributed by atoms with Crippen molar-refractivity contribution in [1.29, 1.82) is 0 Å². The number of nitrogens with zero attached hydrogens (tertiary/aromatic N) is 1. The molecule has 1 aromatic carbocycles. The molecular formula is C15H26N2O. The summed E-state index contributed by atoms with van der Waals surface area (Å²) in [6, 6.07) is 8.36. The van der Waals surface area contributed by atoms with E-state index in [-0.39, 0.29) is 11.5 Å². The molecular weight excluding hydrogens is 224 g/mol. The van der Waals surface area contributed by atoms with Gasteiger partial charge in [-0.2, -0.15) is 0 Å². The average molecular weight is 250 g/mol. The zero-order valence-corrected chi connectivity index (χ0v) is 12.0. The Balaban J connectivity index is 2.89. The first-order valence-electron chi connectivity index (χ1n) is 6.55. The molecule has 3 heteroatoms. The minimum atomic E-state index is -0.368. The van der Waals surface area contributed by atoms with Crippen LogP contribution in [0.2, 0.25) is 0 Å². The fourth-order valence-electron chi connectivity index (χ4n) is 2.14. The van der Waals surface area contributed by atoms with Gasteiger partial charge in [0.1, 0.15) is 0 Å². The lowest BCUT2D eigenvalue weighted by molar-refractivity contribution is 0.174. The first-order valence-corrected chi connectivity index (χ1v) is 6.55. The van der Waals surface area contributed by atoms with Crippen LogP contribution in [0.4, 0.5) is 5.69 Å². The van der Waals surface area contributed by atoms with E-state index in [1.54, 1.807) is 0 Å². The first-order chi connectivity index (χ1) is 8.36. The number of rotatable bonds is 5. The van der Waals surface area contributed by atoms with Gasteiger partial charge in [-0.3, -0.25) is 0 Å². The smallest absolute Gasteiger partial charge is 0.0726 e. The predicted octanol–water partition coefficient (Wildman–Crippen LogP) is 2.13. The molecule has 3 N–H and O–H groups in total. The average Bonchev–Trinajstić information content (AvgIpc) is 2.28. The van der Waals surface area contributed by atoms with Crippen molar-refractivity contribution in [2.75, 3.05) is 25.0 Å². The van der Waals surface area contributed by atoms with Crippen LogP contribution in [0, 0.1) is 0 Å². The van der Waals surface area contributed by atoms with Crippen molar-refractivity contribution in [2.24, 2.45) is 5.73 Å². The van der Waals surface area contributed by atoms with Crippen LogP contribution in [-0.2, 0) is 5.41 Å². The third kappa shape index (κ3) is 4.00. The monoisotopic (exact) mass is 250 g/mol. The molecule has 0 saturated carbocycles. The van der Waals surface area contributed by atoms with E-state index >= 15 is 0 Å². The van der Waals surface area contributed by atoms with Crippen LogP contribution >= 0.6 is 0 Å². The number of anilines is 1. The Kier molecular flexibility index (Phi) is 5.17. The van der Waals surface area contributed by atoms with Gasteiger partial charge in [-0.15, -0.1) is 0 Å². The quantitative estimate of drug-likeness (QED) is 0.841. The lowest BCUT2D eigenvalue weighted by atomic mass is 9.85. The highest BCUT2D eigenvalue weighted by molar-refractivity contribution is 5.55. The molecule has 1 unspecified atom stereocenters. The summed E-state index contributed by atoms with van der Waals surface area (Å²) in [5.41, 5.74) is 8.05. The lowest BCUT2D eigenvalue weighted by Gasteiger charge is -2.30. The Morgan fingerprint density at radius 2 is 1.89 bits per heavy atom. The summed E-state index contributed by atoms with van der Waals surface area (Å²) in [5.74, 6) is 0. The molecule has 0 radical (unpaired) electrons. The number of para-hydroxylation sites is 1. The first kappa shape index (κ1) is 15.0. The number of aliphatic hydroxyl groups is 1. The standard InChI is InChI=1S/C15H26N2O/c1-15(2,3)13-7-5-6-8-14(13)17(4)11-12(18)9-10-16/h5-8,12,18H,9-11,16H2,1-4H3. The van der Waals surface area contributed by atoms with Crippen LogP contribution < -0.4 is 10.6 Å². The van der Waals surface area contributed by atoms with E-state index in [1.807, 2.05) is 13.1 Å². The molecule has 0 amide bonds. The van der Waals surface area contributed by atoms with Gasteiger partial charge in [0, 0.05) is 19.3 Å². The molecule has 0 heterocycles. The van der Waals surface area contributed by atoms with Crippen LogP contribution in [0.15, 0.2) is 24.3 Å². The van der Waals surface area contributed by atoms with Gasteiger partial charge in [0.2, 0.25) is 0 Å². The molecule has 0 bridgehead atoms. The second-order valence-corrected chi connectivity index (χ2v) is 5.88. The zero-order valence-electron chi connectivity index (χ0n) is 12.0. The van der Waals surface area contributed by atoms with E-state index in [0.29, 0.717) is 19.5 Å². The number of benzene rings is 1. The van der Waals surface area contributed by atoms with Crippen molar-refractivity contribution in [3.63, 3.8) is 0 Å². The van der Waals surface area contributed by atoms with Gasteiger partial charge >= 0.3 is 0 Å². The molecule has 0 fully saturated rings. The van der Waals surface area contributed by atoms with Crippen LogP contribution in [0.1, 0.15) is 32.8 Å². The Morgan fingerprint density at radius 1 is 1.28 bits per heavy atom. The second kappa shape index (κ2) is 6.21. The number of likely N-dealkylation sites (N-methyl/N-ethyl adjacent to an activating group) is 1. The minimum Gasteiger partial charge on any atom is -0.391 e. The van der Waals surface area contributed by atoms with Gasteiger partial charge in [0.15, 0.2) is 0 Å². The maximum Gasteiger partial charge on any atom is 0.0726 e. The van der Waals surface area contributed by atoms with E-state index in [0.717, 1.165) is 0 Å². The largest absolute Gasteiger partial charge is 0.391 e. The van der Waals surface area contributed by atoms with Gasteiger partial charge in [-0.25, -0.2) is 0 Å². The highest BCUT2D eigenvalue weighted by Gasteiger charge is 2.20. The normalized spacial score (nSPS) is 13.4. The molecule has 0 aliphatic heterocycles. The zero-order chi connectivity index (χ0) is 13.8. The molecule has 0 aliphatic rings. The summed E-state index contributed by atoms with van der Waals surface area (Å²) >= 11 is 0. The predicted molar refractivity (Wildman–Crippen MR) is 78.1 cm³/mol. The van der Waals surface area contributed by atoms with Crippen molar-refractivity contribution in [3.05, 3.63) is 29.8 Å². The Labute approximate surface area is 111 Å². The number of nitrogens with two attached hydrogens (primary N) is 1. The molecule has 1 aromatic rings. The van der Waals surface area contributed by atoms with Gasteiger partial charge < -0.3 is 15.7 Å². The number of hydrogen-bond donors (Lipinski definition) is 2. The number of aliphatic hydroxyl groups excluding tert-OH is 1. The summed E-state index contributed by atoms with van der Waals surface area (Å²) < 4.78 is 0. The van der Waals surface area contributed by atoms with E-state index in [1.165, 1.54) is 11.3 Å². The van der Waals surface area contributed by atoms with Gasteiger partial charge in [0.05, 0.1) is 6.10 Å². The van der Waals surface area contributed by atoms with Crippen molar-refractivity contribution in [1.82, 2.24) is 0 Å². The maximum absolute atomic E-state index is 9.85. The highest BCUT2D eigenvalue weighted by Crippen LogP contribution is 2.31. The van der Waals surface area contributed by atoms with Crippen LogP contribution in [-0.4, -0.2) is 31.3 Å². The molecule has 1 atom stereocenters. The molecule has 102 valence electrons. The molecule has 0 aromatic heterocycles. The van der Waals surface area contributed by atoms with E-state index in [4.69, 9.17) is 5.73 Å². The van der Waals surface area contributed by atoms with Crippen molar-refractivity contribution >= 4 is 5.69 Å². The third-order valence-electron chi connectivity index (χ3n) is 3.11. The van der Waals surface area contributed by atoms with Crippen molar-refractivity contribution < 1.29 is 5.11 Å².